The number of aryl methyl sites for hydroxylation is 3. The van der Waals surface area contributed by atoms with E-state index < -0.39 is 0 Å². The molecule has 6 nitrogen and oxygen atoms in total. The molecule has 0 radical (unpaired) electrons. The number of aromatic nitrogens is 3. The summed E-state index contributed by atoms with van der Waals surface area (Å²) in [5, 5.41) is 2.89. The van der Waals surface area contributed by atoms with Crippen LogP contribution in [0, 0.1) is 20.8 Å². The maximum Gasteiger partial charge on any atom is 0.254 e. The minimum Gasteiger partial charge on any atom is -0.326 e. The molecule has 0 atom stereocenters. The lowest BCUT2D eigenvalue weighted by atomic mass is 10.1. The molecule has 0 saturated carbocycles. The predicted octanol–water partition coefficient (Wildman–Crippen LogP) is 3.33. The third kappa shape index (κ3) is 4.67. The van der Waals surface area contributed by atoms with Crippen LogP contribution in [0.5, 0.6) is 0 Å². The Hall–Kier alpha value is -3.28. The molecule has 2 N–H and O–H groups in total. The highest BCUT2D eigenvalue weighted by Gasteiger charge is 2.12. The molecule has 27 heavy (non-hydrogen) atoms. The van der Waals surface area contributed by atoms with Crippen LogP contribution in [0.4, 0.5) is 5.69 Å². The van der Waals surface area contributed by atoms with Gasteiger partial charge in [-0.25, -0.2) is 4.98 Å². The SMILES string of the molecule is Cc1cc(C)cc(NC(=O)CCc2c(C)nc(-c3ccncc3)[nH]c2=O)c1. The third-order valence-electron chi connectivity index (χ3n) is 4.28. The molecule has 2 aromatic heterocycles. The summed E-state index contributed by atoms with van der Waals surface area (Å²) in [5.74, 6) is 0.375. The number of hydrogen-bond donors (Lipinski definition) is 2. The Kier molecular flexibility index (Phi) is 5.45. The second kappa shape index (κ2) is 7.95. The summed E-state index contributed by atoms with van der Waals surface area (Å²) in [7, 11) is 0. The van der Waals surface area contributed by atoms with E-state index in [0.29, 0.717) is 23.5 Å². The number of carbonyl (C=O) groups excluding carboxylic acids is 1. The van der Waals surface area contributed by atoms with Crippen LogP contribution in [-0.2, 0) is 11.2 Å². The Morgan fingerprint density at radius 2 is 1.74 bits per heavy atom. The van der Waals surface area contributed by atoms with E-state index in [2.05, 4.69) is 26.3 Å². The second-order valence-electron chi connectivity index (χ2n) is 6.64. The summed E-state index contributed by atoms with van der Waals surface area (Å²) in [6, 6.07) is 9.47. The van der Waals surface area contributed by atoms with Gasteiger partial charge in [0.25, 0.3) is 5.56 Å². The number of benzene rings is 1. The number of amides is 1. The fourth-order valence-electron chi connectivity index (χ4n) is 3.06. The van der Waals surface area contributed by atoms with Gasteiger partial charge in [-0.2, -0.15) is 0 Å². The summed E-state index contributed by atoms with van der Waals surface area (Å²) in [6.07, 6.45) is 3.85. The monoisotopic (exact) mass is 362 g/mol. The Labute approximate surface area is 157 Å². The van der Waals surface area contributed by atoms with Crippen LogP contribution in [-0.4, -0.2) is 20.9 Å². The van der Waals surface area contributed by atoms with Crippen molar-refractivity contribution in [3.8, 4) is 11.4 Å². The van der Waals surface area contributed by atoms with Crippen LogP contribution in [0.15, 0.2) is 47.5 Å². The first-order valence-electron chi connectivity index (χ1n) is 8.81. The van der Waals surface area contributed by atoms with Crippen molar-refractivity contribution in [1.82, 2.24) is 15.0 Å². The number of nitrogens with zero attached hydrogens (tertiary/aromatic N) is 2. The van der Waals surface area contributed by atoms with E-state index in [1.54, 1.807) is 31.5 Å². The highest BCUT2D eigenvalue weighted by Crippen LogP contribution is 2.16. The number of H-pyrrole nitrogens is 1. The second-order valence-corrected chi connectivity index (χ2v) is 6.64. The summed E-state index contributed by atoms with van der Waals surface area (Å²) in [6.45, 7) is 5.76. The molecule has 0 aliphatic heterocycles. The van der Waals surface area contributed by atoms with Gasteiger partial charge >= 0.3 is 0 Å². The Bertz CT molecular complexity index is 1010. The highest BCUT2D eigenvalue weighted by atomic mass is 16.1. The van der Waals surface area contributed by atoms with Crippen molar-refractivity contribution in [2.24, 2.45) is 0 Å². The molecule has 1 aromatic carbocycles. The lowest BCUT2D eigenvalue weighted by molar-refractivity contribution is -0.116. The zero-order valence-electron chi connectivity index (χ0n) is 15.7. The van der Waals surface area contributed by atoms with Gasteiger partial charge < -0.3 is 10.3 Å². The number of anilines is 1. The average Bonchev–Trinajstić information content (AvgIpc) is 2.60. The molecule has 0 fully saturated rings. The quantitative estimate of drug-likeness (QED) is 0.729. The summed E-state index contributed by atoms with van der Waals surface area (Å²) in [5.41, 5.74) is 4.70. The zero-order chi connectivity index (χ0) is 19.4. The molecule has 138 valence electrons. The highest BCUT2D eigenvalue weighted by molar-refractivity contribution is 5.91. The first-order valence-corrected chi connectivity index (χ1v) is 8.81. The molecular weight excluding hydrogens is 340 g/mol. The molecule has 0 aliphatic rings. The van der Waals surface area contributed by atoms with Crippen molar-refractivity contribution in [2.75, 3.05) is 5.32 Å². The molecule has 3 rings (SSSR count). The lowest BCUT2D eigenvalue weighted by Crippen LogP contribution is -2.20. The van der Waals surface area contributed by atoms with E-state index in [1.807, 2.05) is 26.0 Å². The summed E-state index contributed by atoms with van der Waals surface area (Å²) in [4.78, 5) is 36.0. The van der Waals surface area contributed by atoms with Gasteiger partial charge in [-0.1, -0.05) is 6.07 Å². The van der Waals surface area contributed by atoms with Crippen molar-refractivity contribution in [1.29, 1.82) is 0 Å². The van der Waals surface area contributed by atoms with E-state index in [-0.39, 0.29) is 17.9 Å². The first kappa shape index (κ1) is 18.5. The molecule has 6 heteroatoms. The first-order chi connectivity index (χ1) is 12.9. The van der Waals surface area contributed by atoms with Crippen molar-refractivity contribution >= 4 is 11.6 Å². The largest absolute Gasteiger partial charge is 0.326 e. The Morgan fingerprint density at radius 1 is 1.07 bits per heavy atom. The van der Waals surface area contributed by atoms with E-state index in [4.69, 9.17) is 0 Å². The molecule has 2 heterocycles. The predicted molar refractivity (Wildman–Crippen MR) is 106 cm³/mol. The molecule has 0 spiro atoms. The summed E-state index contributed by atoms with van der Waals surface area (Å²) >= 11 is 0. The van der Waals surface area contributed by atoms with Gasteiger partial charge in [0.05, 0.1) is 0 Å². The standard InChI is InChI=1S/C21H22N4O2/c1-13-10-14(2)12-17(11-13)24-19(26)5-4-18-15(3)23-20(25-21(18)27)16-6-8-22-9-7-16/h6-12H,4-5H2,1-3H3,(H,24,26)(H,23,25,27). The molecule has 3 aromatic rings. The molecule has 1 amide bonds. The third-order valence-corrected chi connectivity index (χ3v) is 4.28. The maximum absolute atomic E-state index is 12.5. The fourth-order valence-corrected chi connectivity index (χ4v) is 3.06. The van der Waals surface area contributed by atoms with E-state index in [0.717, 1.165) is 22.4 Å². The molecule has 0 unspecified atom stereocenters. The number of aromatic amines is 1. The van der Waals surface area contributed by atoms with Crippen LogP contribution < -0.4 is 10.9 Å². The van der Waals surface area contributed by atoms with Crippen molar-refractivity contribution < 1.29 is 4.79 Å². The van der Waals surface area contributed by atoms with Gasteiger partial charge in [0, 0.05) is 41.3 Å². The maximum atomic E-state index is 12.5. The van der Waals surface area contributed by atoms with E-state index in [9.17, 15) is 9.59 Å². The van der Waals surface area contributed by atoms with Gasteiger partial charge in [-0.15, -0.1) is 0 Å². The minimum absolute atomic E-state index is 0.128. The fraction of sp³-hybridized carbons (Fsp3) is 0.238. The molecular formula is C21H22N4O2. The Balaban J connectivity index is 1.70. The van der Waals surface area contributed by atoms with Crippen LogP contribution in [0.25, 0.3) is 11.4 Å². The van der Waals surface area contributed by atoms with Gasteiger partial charge in [-0.05, 0) is 62.6 Å². The Morgan fingerprint density at radius 3 is 2.37 bits per heavy atom. The number of hydrogen-bond acceptors (Lipinski definition) is 4. The van der Waals surface area contributed by atoms with Crippen LogP contribution in [0.3, 0.4) is 0 Å². The lowest BCUT2D eigenvalue weighted by Gasteiger charge is -2.09. The van der Waals surface area contributed by atoms with Crippen LogP contribution in [0.2, 0.25) is 0 Å². The van der Waals surface area contributed by atoms with Crippen molar-refractivity contribution in [3.05, 3.63) is 75.5 Å². The molecule has 0 saturated heterocycles. The van der Waals surface area contributed by atoms with Gasteiger partial charge in [-0.3, -0.25) is 14.6 Å². The normalized spacial score (nSPS) is 10.6. The number of carbonyl (C=O) groups is 1. The van der Waals surface area contributed by atoms with Crippen molar-refractivity contribution in [2.45, 2.75) is 33.6 Å². The van der Waals surface area contributed by atoms with E-state index in [1.165, 1.54) is 0 Å². The van der Waals surface area contributed by atoms with Crippen LogP contribution in [0.1, 0.15) is 28.8 Å². The van der Waals surface area contributed by atoms with Gasteiger partial charge in [0.15, 0.2) is 0 Å². The average molecular weight is 362 g/mol. The van der Waals surface area contributed by atoms with Gasteiger partial charge in [0.1, 0.15) is 5.82 Å². The number of nitrogens with one attached hydrogen (secondary N) is 2. The van der Waals surface area contributed by atoms with Gasteiger partial charge in [0.2, 0.25) is 5.91 Å². The smallest absolute Gasteiger partial charge is 0.254 e. The number of rotatable bonds is 5. The molecule has 0 aliphatic carbocycles. The van der Waals surface area contributed by atoms with Crippen molar-refractivity contribution in [3.63, 3.8) is 0 Å². The van der Waals surface area contributed by atoms with Crippen LogP contribution >= 0.6 is 0 Å². The zero-order valence-corrected chi connectivity index (χ0v) is 15.7. The molecule has 0 bridgehead atoms. The summed E-state index contributed by atoms with van der Waals surface area (Å²) < 4.78 is 0. The van der Waals surface area contributed by atoms with E-state index >= 15 is 0 Å². The number of pyridine rings is 1. The topological polar surface area (TPSA) is 87.7 Å². The minimum atomic E-state index is -0.214.